The van der Waals surface area contributed by atoms with Crippen molar-refractivity contribution in [3.05, 3.63) is 87.2 Å². The number of halogens is 2. The maximum atomic E-state index is 12.4. The van der Waals surface area contributed by atoms with Crippen molar-refractivity contribution in [2.24, 2.45) is 0 Å². The second-order valence-corrected chi connectivity index (χ2v) is 8.81. The Balaban J connectivity index is 1.44. The molecule has 0 unspecified atom stereocenters. The first-order valence-corrected chi connectivity index (χ1v) is 11.6. The summed E-state index contributed by atoms with van der Waals surface area (Å²) >= 11 is 13.6. The third kappa shape index (κ3) is 5.30. The molecule has 1 aromatic heterocycles. The molecule has 0 saturated carbocycles. The lowest BCUT2D eigenvalue weighted by atomic mass is 10.1. The molecule has 4 aromatic rings. The molecule has 8 heteroatoms. The number of hydrogen-bond donors (Lipinski definition) is 1. The lowest BCUT2D eigenvalue weighted by Gasteiger charge is -2.08. The molecular formula is C25H20Cl2N2O3S. The van der Waals surface area contributed by atoms with E-state index in [0.717, 1.165) is 27.4 Å². The fourth-order valence-electron chi connectivity index (χ4n) is 3.25. The van der Waals surface area contributed by atoms with Crippen LogP contribution < -0.4 is 14.8 Å². The van der Waals surface area contributed by atoms with Crippen LogP contribution in [0.3, 0.4) is 0 Å². The number of rotatable bonds is 7. The van der Waals surface area contributed by atoms with E-state index in [4.69, 9.17) is 37.7 Å². The molecule has 0 spiro atoms. The van der Waals surface area contributed by atoms with E-state index in [1.165, 1.54) is 0 Å². The quantitative estimate of drug-likeness (QED) is 0.306. The lowest BCUT2D eigenvalue weighted by molar-refractivity contribution is 0.0951. The van der Waals surface area contributed by atoms with Crippen LogP contribution in [-0.2, 0) is 6.54 Å². The molecule has 0 bridgehead atoms. The van der Waals surface area contributed by atoms with Crippen LogP contribution in [0.25, 0.3) is 21.8 Å². The number of thiazole rings is 1. The Morgan fingerprint density at radius 3 is 2.39 bits per heavy atom. The number of carbonyl (C=O) groups is 1. The monoisotopic (exact) mass is 498 g/mol. The summed E-state index contributed by atoms with van der Waals surface area (Å²) in [5.41, 5.74) is 4.13. The minimum absolute atomic E-state index is 0.272. The fourth-order valence-corrected chi connectivity index (χ4v) is 4.46. The highest BCUT2D eigenvalue weighted by molar-refractivity contribution is 7.13. The van der Waals surface area contributed by atoms with Gasteiger partial charge in [-0.15, -0.1) is 11.3 Å². The Hall–Kier alpha value is -3.06. The van der Waals surface area contributed by atoms with Crippen LogP contribution >= 0.6 is 34.5 Å². The van der Waals surface area contributed by atoms with Gasteiger partial charge in [0.05, 0.1) is 30.5 Å². The van der Waals surface area contributed by atoms with Crippen molar-refractivity contribution in [3.8, 4) is 33.3 Å². The number of carbonyl (C=O) groups excluding carboxylic acids is 1. The Kier molecular flexibility index (Phi) is 7.18. The number of aromatic nitrogens is 1. The second-order valence-electron chi connectivity index (χ2n) is 7.11. The Labute approximate surface area is 205 Å². The minimum atomic E-state index is -0.272. The number of hydrogen-bond acceptors (Lipinski definition) is 5. The standard InChI is InChI=1S/C25H20Cl2N2O3S/c1-31-22-10-7-17(11-23(22)32-2)21-14-33-25(29-21)16-5-3-15(4-6-16)13-28-24(30)19-12-18(26)8-9-20(19)27/h3-12,14H,13H2,1-2H3,(H,28,30). The van der Waals surface area contributed by atoms with E-state index in [2.05, 4.69) is 5.32 Å². The molecule has 1 heterocycles. The Bertz CT molecular complexity index is 1290. The van der Waals surface area contributed by atoms with Gasteiger partial charge in [-0.1, -0.05) is 47.5 Å². The molecule has 0 atom stereocenters. The molecule has 0 aliphatic heterocycles. The predicted octanol–water partition coefficient (Wildman–Crippen LogP) is 6.73. The average molecular weight is 499 g/mol. The van der Waals surface area contributed by atoms with Gasteiger partial charge < -0.3 is 14.8 Å². The highest BCUT2D eigenvalue weighted by Gasteiger charge is 2.12. The van der Waals surface area contributed by atoms with Gasteiger partial charge in [0.25, 0.3) is 5.91 Å². The smallest absolute Gasteiger partial charge is 0.253 e. The van der Waals surface area contributed by atoms with Gasteiger partial charge in [0.1, 0.15) is 5.01 Å². The molecule has 33 heavy (non-hydrogen) atoms. The molecule has 5 nitrogen and oxygen atoms in total. The topological polar surface area (TPSA) is 60.5 Å². The van der Waals surface area contributed by atoms with Crippen molar-refractivity contribution < 1.29 is 14.3 Å². The minimum Gasteiger partial charge on any atom is -0.493 e. The van der Waals surface area contributed by atoms with E-state index in [1.54, 1.807) is 43.8 Å². The highest BCUT2D eigenvalue weighted by Crippen LogP contribution is 2.34. The van der Waals surface area contributed by atoms with Gasteiger partial charge >= 0.3 is 0 Å². The molecule has 1 amide bonds. The van der Waals surface area contributed by atoms with Gasteiger partial charge in [-0.25, -0.2) is 4.98 Å². The number of benzene rings is 3. The molecule has 0 fully saturated rings. The number of methoxy groups -OCH3 is 2. The first-order valence-electron chi connectivity index (χ1n) is 9.99. The number of nitrogens with zero attached hydrogens (tertiary/aromatic N) is 1. The van der Waals surface area contributed by atoms with Crippen molar-refractivity contribution in [2.45, 2.75) is 6.54 Å². The number of amides is 1. The Morgan fingerprint density at radius 1 is 0.939 bits per heavy atom. The summed E-state index contributed by atoms with van der Waals surface area (Å²) in [5.74, 6) is 1.07. The molecule has 3 aromatic carbocycles. The molecule has 0 aliphatic carbocycles. The average Bonchev–Trinajstić information content (AvgIpc) is 3.34. The van der Waals surface area contributed by atoms with Crippen LogP contribution in [0, 0.1) is 0 Å². The number of ether oxygens (including phenoxy) is 2. The van der Waals surface area contributed by atoms with Gasteiger partial charge in [0, 0.05) is 28.1 Å². The third-order valence-corrected chi connectivity index (χ3v) is 6.47. The van der Waals surface area contributed by atoms with Crippen LogP contribution in [0.4, 0.5) is 0 Å². The summed E-state index contributed by atoms with van der Waals surface area (Å²) in [7, 11) is 3.22. The van der Waals surface area contributed by atoms with Gasteiger partial charge in [-0.05, 0) is 42.0 Å². The van der Waals surface area contributed by atoms with Gasteiger partial charge in [-0.2, -0.15) is 0 Å². The van der Waals surface area contributed by atoms with Crippen LogP contribution in [0.2, 0.25) is 10.0 Å². The zero-order valence-corrected chi connectivity index (χ0v) is 20.2. The first-order chi connectivity index (χ1) is 16.0. The maximum absolute atomic E-state index is 12.4. The van der Waals surface area contributed by atoms with E-state index in [9.17, 15) is 4.79 Å². The van der Waals surface area contributed by atoms with Crippen LogP contribution in [-0.4, -0.2) is 25.1 Å². The second kappa shape index (κ2) is 10.3. The maximum Gasteiger partial charge on any atom is 0.253 e. The van der Waals surface area contributed by atoms with Crippen molar-refractivity contribution in [2.75, 3.05) is 14.2 Å². The van der Waals surface area contributed by atoms with Crippen LogP contribution in [0.5, 0.6) is 11.5 Å². The molecule has 168 valence electrons. The lowest BCUT2D eigenvalue weighted by Crippen LogP contribution is -2.23. The summed E-state index contributed by atoms with van der Waals surface area (Å²) in [4.78, 5) is 17.2. The fraction of sp³-hybridized carbons (Fsp3) is 0.120. The molecule has 0 saturated heterocycles. The van der Waals surface area contributed by atoms with E-state index < -0.39 is 0 Å². The first kappa shape index (κ1) is 23.1. The molecule has 4 rings (SSSR count). The van der Waals surface area contributed by atoms with Gasteiger partial charge in [0.15, 0.2) is 11.5 Å². The van der Waals surface area contributed by atoms with Gasteiger partial charge in [-0.3, -0.25) is 4.79 Å². The molecule has 0 aliphatic rings. The van der Waals surface area contributed by atoms with Gasteiger partial charge in [0.2, 0.25) is 0 Å². The molecular weight excluding hydrogens is 479 g/mol. The van der Waals surface area contributed by atoms with Crippen molar-refractivity contribution in [1.82, 2.24) is 10.3 Å². The normalized spacial score (nSPS) is 10.7. The van der Waals surface area contributed by atoms with E-state index in [-0.39, 0.29) is 5.91 Å². The molecule has 0 radical (unpaired) electrons. The SMILES string of the molecule is COc1ccc(-c2csc(-c3ccc(CNC(=O)c4cc(Cl)ccc4Cl)cc3)n2)cc1OC. The Morgan fingerprint density at radius 2 is 1.67 bits per heavy atom. The third-order valence-electron chi connectivity index (χ3n) is 5.01. The van der Waals surface area contributed by atoms with Crippen molar-refractivity contribution in [3.63, 3.8) is 0 Å². The largest absolute Gasteiger partial charge is 0.493 e. The predicted molar refractivity (Wildman–Crippen MR) is 134 cm³/mol. The summed E-state index contributed by atoms with van der Waals surface area (Å²) in [5, 5.41) is 6.61. The van der Waals surface area contributed by atoms with E-state index >= 15 is 0 Å². The summed E-state index contributed by atoms with van der Waals surface area (Å²) in [6.45, 7) is 0.372. The van der Waals surface area contributed by atoms with Crippen molar-refractivity contribution >= 4 is 40.4 Å². The van der Waals surface area contributed by atoms with Crippen LogP contribution in [0.15, 0.2) is 66.0 Å². The van der Waals surface area contributed by atoms with Crippen molar-refractivity contribution in [1.29, 1.82) is 0 Å². The number of nitrogens with one attached hydrogen (secondary N) is 1. The van der Waals surface area contributed by atoms with E-state index in [1.807, 2.05) is 47.8 Å². The zero-order valence-electron chi connectivity index (χ0n) is 17.9. The summed E-state index contributed by atoms with van der Waals surface area (Å²) in [6.07, 6.45) is 0. The summed E-state index contributed by atoms with van der Waals surface area (Å²) < 4.78 is 10.7. The van der Waals surface area contributed by atoms with Crippen LogP contribution in [0.1, 0.15) is 15.9 Å². The summed E-state index contributed by atoms with van der Waals surface area (Å²) in [6, 6.07) is 18.5. The zero-order chi connectivity index (χ0) is 23.4. The molecule has 1 N–H and O–H groups in total. The van der Waals surface area contributed by atoms with E-state index in [0.29, 0.717) is 33.7 Å². The highest BCUT2D eigenvalue weighted by atomic mass is 35.5.